The molecule has 1 aromatic carbocycles. The van der Waals surface area contributed by atoms with Gasteiger partial charge in [0.25, 0.3) is 5.56 Å². The number of benzene rings is 1. The van der Waals surface area contributed by atoms with Crippen LogP contribution in [0.1, 0.15) is 31.9 Å². The van der Waals surface area contributed by atoms with Gasteiger partial charge in [0.1, 0.15) is 11.6 Å². The molecule has 0 fully saturated rings. The van der Waals surface area contributed by atoms with Crippen molar-refractivity contribution in [1.29, 1.82) is 5.26 Å². The van der Waals surface area contributed by atoms with E-state index in [9.17, 15) is 4.79 Å². The zero-order chi connectivity index (χ0) is 15.4. The first-order valence-electron chi connectivity index (χ1n) is 7.30. The summed E-state index contributed by atoms with van der Waals surface area (Å²) in [6.45, 7) is 6.86. The van der Waals surface area contributed by atoms with E-state index in [0.29, 0.717) is 12.5 Å². The fourth-order valence-electron chi connectivity index (χ4n) is 2.37. The molecule has 0 radical (unpaired) electrons. The highest BCUT2D eigenvalue weighted by Gasteiger charge is 2.11. The van der Waals surface area contributed by atoms with Crippen LogP contribution < -0.4 is 5.56 Å². The van der Waals surface area contributed by atoms with E-state index < -0.39 is 0 Å². The minimum atomic E-state index is -0.205. The van der Waals surface area contributed by atoms with Crippen molar-refractivity contribution in [3.63, 3.8) is 0 Å². The maximum atomic E-state index is 12.4. The third-order valence-corrected chi connectivity index (χ3v) is 3.50. The third-order valence-electron chi connectivity index (χ3n) is 3.50. The van der Waals surface area contributed by atoms with Gasteiger partial charge in [0, 0.05) is 6.54 Å². The molecule has 21 heavy (non-hydrogen) atoms. The van der Waals surface area contributed by atoms with Crippen LogP contribution in [0.25, 0.3) is 11.3 Å². The summed E-state index contributed by atoms with van der Waals surface area (Å²) in [5.41, 5.74) is 3.14. The minimum Gasteiger partial charge on any atom is -0.307 e. The van der Waals surface area contributed by atoms with Crippen LogP contribution >= 0.6 is 0 Å². The molecule has 3 nitrogen and oxygen atoms in total. The van der Waals surface area contributed by atoms with Crippen molar-refractivity contribution in [2.24, 2.45) is 5.92 Å². The van der Waals surface area contributed by atoms with E-state index in [2.05, 4.69) is 32.9 Å². The monoisotopic (exact) mass is 280 g/mol. The molecular weight excluding hydrogens is 260 g/mol. The molecule has 108 valence electrons. The number of hydrogen-bond donors (Lipinski definition) is 0. The third kappa shape index (κ3) is 3.22. The summed E-state index contributed by atoms with van der Waals surface area (Å²) >= 11 is 0. The Hall–Kier alpha value is -2.34. The summed E-state index contributed by atoms with van der Waals surface area (Å²) in [4.78, 5) is 12.4. The Bertz CT molecular complexity index is 718. The highest BCUT2D eigenvalue weighted by molar-refractivity contribution is 5.60. The van der Waals surface area contributed by atoms with E-state index in [1.807, 2.05) is 24.3 Å². The van der Waals surface area contributed by atoms with Crippen molar-refractivity contribution in [3.05, 3.63) is 57.9 Å². The van der Waals surface area contributed by atoms with Gasteiger partial charge in [0.2, 0.25) is 0 Å². The van der Waals surface area contributed by atoms with Crippen LogP contribution in [0, 0.1) is 17.2 Å². The quantitative estimate of drug-likeness (QED) is 0.859. The van der Waals surface area contributed by atoms with Gasteiger partial charge in [0.05, 0.1) is 5.69 Å². The molecule has 2 rings (SSSR count). The second kappa shape index (κ2) is 6.41. The summed E-state index contributed by atoms with van der Waals surface area (Å²) in [6.07, 6.45) is 0.993. The summed E-state index contributed by atoms with van der Waals surface area (Å²) in [7, 11) is 0. The first kappa shape index (κ1) is 15.1. The molecule has 0 aliphatic heterocycles. The molecule has 2 aromatic rings. The lowest BCUT2D eigenvalue weighted by Crippen LogP contribution is -2.26. The molecule has 0 aliphatic rings. The van der Waals surface area contributed by atoms with E-state index >= 15 is 0 Å². The van der Waals surface area contributed by atoms with Crippen LogP contribution in [-0.4, -0.2) is 4.57 Å². The van der Waals surface area contributed by atoms with Crippen molar-refractivity contribution in [2.45, 2.75) is 33.7 Å². The Morgan fingerprint density at radius 1 is 1.14 bits per heavy atom. The van der Waals surface area contributed by atoms with E-state index in [4.69, 9.17) is 5.26 Å². The topological polar surface area (TPSA) is 45.8 Å². The number of aromatic nitrogens is 1. The molecular formula is C18H20N2O. The predicted molar refractivity (Wildman–Crippen MR) is 85.1 cm³/mol. The van der Waals surface area contributed by atoms with Crippen molar-refractivity contribution in [1.82, 2.24) is 4.57 Å². The van der Waals surface area contributed by atoms with Crippen LogP contribution in [0.4, 0.5) is 0 Å². The number of hydrogen-bond acceptors (Lipinski definition) is 2. The van der Waals surface area contributed by atoms with Crippen LogP contribution in [0.5, 0.6) is 0 Å². The Labute approximate surface area is 125 Å². The van der Waals surface area contributed by atoms with Crippen molar-refractivity contribution < 1.29 is 0 Å². The van der Waals surface area contributed by atoms with Crippen LogP contribution in [0.15, 0.2) is 41.2 Å². The molecule has 0 saturated heterocycles. The first-order chi connectivity index (χ1) is 10.1. The fourth-order valence-corrected chi connectivity index (χ4v) is 2.37. The Balaban J connectivity index is 2.59. The molecule has 0 bridgehead atoms. The molecule has 1 aromatic heterocycles. The van der Waals surface area contributed by atoms with Gasteiger partial charge in [-0.2, -0.15) is 5.26 Å². The molecule has 0 amide bonds. The lowest BCUT2D eigenvalue weighted by Gasteiger charge is -2.15. The molecule has 0 saturated carbocycles. The standard InChI is InChI=1S/C18H20N2O/c1-4-14-5-7-15(8-6-14)17-10-9-16(11-19)18(21)20(17)12-13(2)3/h5-10,13H,4,12H2,1-3H3. The van der Waals surface area contributed by atoms with E-state index in [0.717, 1.165) is 17.7 Å². The molecule has 0 atom stereocenters. The van der Waals surface area contributed by atoms with Gasteiger partial charge >= 0.3 is 0 Å². The summed E-state index contributed by atoms with van der Waals surface area (Å²) in [5, 5.41) is 9.04. The molecule has 0 N–H and O–H groups in total. The Kier molecular flexibility index (Phi) is 4.59. The zero-order valence-corrected chi connectivity index (χ0v) is 12.8. The average molecular weight is 280 g/mol. The van der Waals surface area contributed by atoms with Crippen molar-refractivity contribution in [3.8, 4) is 17.3 Å². The maximum absolute atomic E-state index is 12.4. The minimum absolute atomic E-state index is 0.199. The smallest absolute Gasteiger partial charge is 0.268 e. The molecule has 0 unspecified atom stereocenters. The number of aryl methyl sites for hydroxylation is 1. The zero-order valence-electron chi connectivity index (χ0n) is 12.8. The largest absolute Gasteiger partial charge is 0.307 e. The van der Waals surface area contributed by atoms with Gasteiger partial charge in [-0.1, -0.05) is 45.0 Å². The second-order valence-corrected chi connectivity index (χ2v) is 5.60. The van der Waals surface area contributed by atoms with Gasteiger partial charge in [-0.05, 0) is 35.6 Å². The highest BCUT2D eigenvalue weighted by Crippen LogP contribution is 2.20. The molecule has 1 heterocycles. The Morgan fingerprint density at radius 3 is 2.33 bits per heavy atom. The van der Waals surface area contributed by atoms with Gasteiger partial charge in [-0.15, -0.1) is 0 Å². The predicted octanol–water partition coefficient (Wildman–Crippen LogP) is 3.61. The van der Waals surface area contributed by atoms with Crippen molar-refractivity contribution in [2.75, 3.05) is 0 Å². The van der Waals surface area contributed by atoms with Crippen LogP contribution in [-0.2, 0) is 13.0 Å². The van der Waals surface area contributed by atoms with E-state index in [1.165, 1.54) is 5.56 Å². The van der Waals surface area contributed by atoms with Crippen molar-refractivity contribution >= 4 is 0 Å². The lowest BCUT2D eigenvalue weighted by molar-refractivity contribution is 0.514. The highest BCUT2D eigenvalue weighted by atomic mass is 16.1. The maximum Gasteiger partial charge on any atom is 0.268 e. The van der Waals surface area contributed by atoms with Gasteiger partial charge in [-0.25, -0.2) is 0 Å². The van der Waals surface area contributed by atoms with E-state index in [1.54, 1.807) is 10.6 Å². The van der Waals surface area contributed by atoms with E-state index in [-0.39, 0.29) is 11.1 Å². The van der Waals surface area contributed by atoms with Gasteiger partial charge in [-0.3, -0.25) is 4.79 Å². The molecule has 0 spiro atoms. The van der Waals surface area contributed by atoms with Gasteiger partial charge in [0.15, 0.2) is 0 Å². The summed E-state index contributed by atoms with van der Waals surface area (Å²) in [5.74, 6) is 0.338. The molecule has 0 aliphatic carbocycles. The van der Waals surface area contributed by atoms with Crippen LogP contribution in [0.2, 0.25) is 0 Å². The number of nitrogens with zero attached hydrogens (tertiary/aromatic N) is 2. The van der Waals surface area contributed by atoms with Crippen LogP contribution in [0.3, 0.4) is 0 Å². The summed E-state index contributed by atoms with van der Waals surface area (Å²) in [6, 6.07) is 13.7. The second-order valence-electron chi connectivity index (χ2n) is 5.60. The number of pyridine rings is 1. The lowest BCUT2D eigenvalue weighted by atomic mass is 10.1. The Morgan fingerprint density at radius 2 is 1.81 bits per heavy atom. The number of nitriles is 1. The normalized spacial score (nSPS) is 10.6. The SMILES string of the molecule is CCc1ccc(-c2ccc(C#N)c(=O)n2CC(C)C)cc1. The van der Waals surface area contributed by atoms with Gasteiger partial charge < -0.3 is 4.57 Å². The first-order valence-corrected chi connectivity index (χ1v) is 7.30. The molecule has 3 heteroatoms. The number of rotatable bonds is 4. The summed E-state index contributed by atoms with van der Waals surface area (Å²) < 4.78 is 1.71. The average Bonchev–Trinajstić information content (AvgIpc) is 2.49. The fraction of sp³-hybridized carbons (Fsp3) is 0.333.